The molecule has 1 atom stereocenters. The van der Waals surface area contributed by atoms with E-state index in [-0.39, 0.29) is 12.4 Å². The van der Waals surface area contributed by atoms with Gasteiger partial charge in [0.1, 0.15) is 0 Å². The van der Waals surface area contributed by atoms with Crippen LogP contribution in [0.2, 0.25) is 0 Å². The van der Waals surface area contributed by atoms with Gasteiger partial charge in [-0.3, -0.25) is 4.90 Å². The molecule has 0 saturated carbocycles. The lowest BCUT2D eigenvalue weighted by Gasteiger charge is -2.16. The highest BCUT2D eigenvalue weighted by Crippen LogP contribution is 2.14. The maximum atomic E-state index is 5.88. The van der Waals surface area contributed by atoms with Gasteiger partial charge in [-0.15, -0.1) is 12.4 Å². The molecule has 0 radical (unpaired) electrons. The normalized spacial score (nSPS) is 21.3. The molecule has 1 aliphatic heterocycles. The van der Waals surface area contributed by atoms with E-state index in [0.29, 0.717) is 6.04 Å². The van der Waals surface area contributed by atoms with Crippen LogP contribution in [0.15, 0.2) is 24.3 Å². The van der Waals surface area contributed by atoms with Crippen LogP contribution in [0.3, 0.4) is 0 Å². The van der Waals surface area contributed by atoms with Gasteiger partial charge in [0.2, 0.25) is 0 Å². The molecule has 1 fully saturated rings. The highest BCUT2D eigenvalue weighted by atomic mass is 35.5. The standard InChI is InChI=1S/C12H18N2.ClH/c1-10-4-2-3-5-11(10)8-14-7-6-12(13)9-14;/h2-5,12H,6-9,13H2,1H3;1H. The van der Waals surface area contributed by atoms with Gasteiger partial charge < -0.3 is 5.73 Å². The third-order valence-electron chi connectivity index (χ3n) is 2.96. The van der Waals surface area contributed by atoms with E-state index in [9.17, 15) is 0 Å². The Bertz CT molecular complexity index is 314. The number of aryl methyl sites for hydroxylation is 1. The number of likely N-dealkylation sites (tertiary alicyclic amines) is 1. The summed E-state index contributed by atoms with van der Waals surface area (Å²) in [5, 5.41) is 0. The van der Waals surface area contributed by atoms with Crippen LogP contribution in [-0.4, -0.2) is 24.0 Å². The summed E-state index contributed by atoms with van der Waals surface area (Å²) < 4.78 is 0. The first-order chi connectivity index (χ1) is 6.75. The Morgan fingerprint density at radius 1 is 1.40 bits per heavy atom. The maximum Gasteiger partial charge on any atom is 0.0237 e. The van der Waals surface area contributed by atoms with E-state index < -0.39 is 0 Å². The zero-order chi connectivity index (χ0) is 9.97. The molecule has 84 valence electrons. The van der Waals surface area contributed by atoms with Crippen molar-refractivity contribution in [2.24, 2.45) is 5.73 Å². The first-order valence-corrected chi connectivity index (χ1v) is 5.28. The van der Waals surface area contributed by atoms with Crippen LogP contribution >= 0.6 is 12.4 Å². The smallest absolute Gasteiger partial charge is 0.0237 e. The molecule has 3 heteroatoms. The lowest BCUT2D eigenvalue weighted by atomic mass is 10.1. The monoisotopic (exact) mass is 226 g/mol. The Kier molecular flexibility index (Phi) is 4.58. The summed E-state index contributed by atoms with van der Waals surface area (Å²) in [6.45, 7) is 5.43. The quantitative estimate of drug-likeness (QED) is 0.836. The highest BCUT2D eigenvalue weighted by molar-refractivity contribution is 5.85. The van der Waals surface area contributed by atoms with Crippen molar-refractivity contribution < 1.29 is 0 Å². The van der Waals surface area contributed by atoms with E-state index in [4.69, 9.17) is 5.73 Å². The van der Waals surface area contributed by atoms with Crippen molar-refractivity contribution in [2.75, 3.05) is 13.1 Å². The molecule has 1 heterocycles. The van der Waals surface area contributed by atoms with Crippen molar-refractivity contribution >= 4 is 12.4 Å². The van der Waals surface area contributed by atoms with Crippen LogP contribution in [0.4, 0.5) is 0 Å². The zero-order valence-corrected chi connectivity index (χ0v) is 9.96. The summed E-state index contributed by atoms with van der Waals surface area (Å²) in [7, 11) is 0. The summed E-state index contributed by atoms with van der Waals surface area (Å²) in [6.07, 6.45) is 1.14. The Morgan fingerprint density at radius 3 is 2.73 bits per heavy atom. The Morgan fingerprint density at radius 2 is 2.13 bits per heavy atom. The Hall–Kier alpha value is -0.570. The molecule has 2 N–H and O–H groups in total. The average molecular weight is 227 g/mol. The summed E-state index contributed by atoms with van der Waals surface area (Å²) in [6, 6.07) is 8.97. The van der Waals surface area contributed by atoms with Gasteiger partial charge in [0.25, 0.3) is 0 Å². The Balaban J connectivity index is 0.00000112. The van der Waals surface area contributed by atoms with Gasteiger partial charge in [-0.2, -0.15) is 0 Å². The first-order valence-electron chi connectivity index (χ1n) is 5.28. The molecule has 1 aromatic rings. The van der Waals surface area contributed by atoms with Gasteiger partial charge in [-0.25, -0.2) is 0 Å². The lowest BCUT2D eigenvalue weighted by molar-refractivity contribution is 0.326. The van der Waals surface area contributed by atoms with Gasteiger partial charge in [0, 0.05) is 25.7 Å². The van der Waals surface area contributed by atoms with Crippen LogP contribution in [0.5, 0.6) is 0 Å². The molecule has 0 amide bonds. The second-order valence-corrected chi connectivity index (χ2v) is 4.21. The molecule has 1 aliphatic rings. The molecular formula is C12H19ClN2. The summed E-state index contributed by atoms with van der Waals surface area (Å²) in [5.41, 5.74) is 8.69. The van der Waals surface area contributed by atoms with Crippen molar-refractivity contribution in [3.63, 3.8) is 0 Å². The molecule has 0 aromatic heterocycles. The van der Waals surface area contributed by atoms with Gasteiger partial charge in [0.15, 0.2) is 0 Å². The van der Waals surface area contributed by atoms with Crippen molar-refractivity contribution in [1.29, 1.82) is 0 Å². The molecule has 15 heavy (non-hydrogen) atoms. The molecule has 0 aliphatic carbocycles. The molecule has 2 nitrogen and oxygen atoms in total. The zero-order valence-electron chi connectivity index (χ0n) is 9.15. The second kappa shape index (κ2) is 5.50. The molecule has 1 aromatic carbocycles. The minimum atomic E-state index is 0. The van der Waals surface area contributed by atoms with E-state index in [1.807, 2.05) is 0 Å². The fraction of sp³-hybridized carbons (Fsp3) is 0.500. The van der Waals surface area contributed by atoms with E-state index >= 15 is 0 Å². The minimum Gasteiger partial charge on any atom is -0.326 e. The van der Waals surface area contributed by atoms with Crippen molar-refractivity contribution in [3.05, 3.63) is 35.4 Å². The predicted octanol–water partition coefficient (Wildman–Crippen LogP) is 1.95. The number of nitrogens with zero attached hydrogens (tertiary/aromatic N) is 1. The number of rotatable bonds is 2. The van der Waals surface area contributed by atoms with Gasteiger partial charge >= 0.3 is 0 Å². The fourth-order valence-corrected chi connectivity index (χ4v) is 2.03. The van der Waals surface area contributed by atoms with E-state index in [1.54, 1.807) is 0 Å². The maximum absolute atomic E-state index is 5.88. The molecule has 2 rings (SSSR count). The highest BCUT2D eigenvalue weighted by Gasteiger charge is 2.18. The molecule has 1 unspecified atom stereocenters. The first kappa shape index (κ1) is 12.5. The number of hydrogen-bond acceptors (Lipinski definition) is 2. The van der Waals surface area contributed by atoms with Crippen LogP contribution in [0.25, 0.3) is 0 Å². The second-order valence-electron chi connectivity index (χ2n) is 4.21. The predicted molar refractivity (Wildman–Crippen MR) is 66.3 cm³/mol. The Labute approximate surface area is 97.9 Å². The third-order valence-corrected chi connectivity index (χ3v) is 2.96. The van der Waals surface area contributed by atoms with Gasteiger partial charge in [-0.05, 0) is 24.5 Å². The lowest BCUT2D eigenvalue weighted by Crippen LogP contribution is -2.26. The number of hydrogen-bond donors (Lipinski definition) is 1. The van der Waals surface area contributed by atoms with Crippen molar-refractivity contribution in [1.82, 2.24) is 4.90 Å². The van der Waals surface area contributed by atoms with Gasteiger partial charge in [0.05, 0.1) is 0 Å². The van der Waals surface area contributed by atoms with Crippen LogP contribution < -0.4 is 5.73 Å². The largest absolute Gasteiger partial charge is 0.326 e. The molecule has 1 saturated heterocycles. The summed E-state index contributed by atoms with van der Waals surface area (Å²) in [5.74, 6) is 0. The average Bonchev–Trinajstić information content (AvgIpc) is 2.56. The molecule has 0 spiro atoms. The van der Waals surface area contributed by atoms with E-state index in [1.165, 1.54) is 11.1 Å². The minimum absolute atomic E-state index is 0. The fourth-order valence-electron chi connectivity index (χ4n) is 2.03. The number of nitrogens with two attached hydrogens (primary N) is 1. The molecule has 0 bridgehead atoms. The third kappa shape index (κ3) is 3.20. The van der Waals surface area contributed by atoms with Crippen molar-refractivity contribution in [2.45, 2.75) is 25.9 Å². The topological polar surface area (TPSA) is 29.3 Å². The van der Waals surface area contributed by atoms with Crippen LogP contribution in [0, 0.1) is 6.92 Å². The van der Waals surface area contributed by atoms with Crippen LogP contribution in [-0.2, 0) is 6.54 Å². The summed E-state index contributed by atoms with van der Waals surface area (Å²) >= 11 is 0. The number of benzene rings is 1. The SMILES string of the molecule is Cc1ccccc1CN1CCC(N)C1.Cl. The summed E-state index contributed by atoms with van der Waals surface area (Å²) in [4.78, 5) is 2.44. The molecular weight excluding hydrogens is 208 g/mol. The van der Waals surface area contributed by atoms with Crippen LogP contribution in [0.1, 0.15) is 17.5 Å². The van der Waals surface area contributed by atoms with E-state index in [0.717, 1.165) is 26.1 Å². The van der Waals surface area contributed by atoms with Gasteiger partial charge in [-0.1, -0.05) is 24.3 Å². The van der Waals surface area contributed by atoms with E-state index in [2.05, 4.69) is 36.1 Å². The van der Waals surface area contributed by atoms with Crippen molar-refractivity contribution in [3.8, 4) is 0 Å². The number of halogens is 1.